The van der Waals surface area contributed by atoms with Gasteiger partial charge in [0.25, 0.3) is 0 Å². The van der Waals surface area contributed by atoms with Crippen LogP contribution in [0.25, 0.3) is 11.3 Å². The molecule has 1 aliphatic rings. The van der Waals surface area contributed by atoms with E-state index in [-0.39, 0.29) is 0 Å². The van der Waals surface area contributed by atoms with Gasteiger partial charge in [-0.05, 0) is 71.3 Å². The Morgan fingerprint density at radius 1 is 1.09 bits per heavy atom. The molecule has 0 unspecified atom stereocenters. The Morgan fingerprint density at radius 2 is 1.85 bits per heavy atom. The van der Waals surface area contributed by atoms with Gasteiger partial charge in [-0.1, -0.05) is 13.2 Å². The molecule has 3 aromatic rings. The van der Waals surface area contributed by atoms with Crippen molar-refractivity contribution in [2.24, 2.45) is 4.99 Å². The molecule has 0 amide bonds. The van der Waals surface area contributed by atoms with Gasteiger partial charge in [-0.2, -0.15) is 5.10 Å². The topological polar surface area (TPSA) is 80.0 Å². The quantitative estimate of drug-likeness (QED) is 0.462. The first-order valence-corrected chi connectivity index (χ1v) is 11.7. The third kappa shape index (κ3) is 5.31. The van der Waals surface area contributed by atoms with Crippen LogP contribution >= 0.6 is 0 Å². The molecule has 1 fully saturated rings. The van der Waals surface area contributed by atoms with E-state index in [2.05, 4.69) is 60.8 Å². The second-order valence-corrected chi connectivity index (χ2v) is 9.04. The molecule has 0 spiro atoms. The van der Waals surface area contributed by atoms with Gasteiger partial charge in [0.1, 0.15) is 0 Å². The smallest absolute Gasteiger partial charge is 0.0841 e. The van der Waals surface area contributed by atoms with Crippen LogP contribution in [0, 0.1) is 13.8 Å². The molecule has 176 valence electrons. The molecule has 0 bridgehead atoms. The summed E-state index contributed by atoms with van der Waals surface area (Å²) >= 11 is 0. The van der Waals surface area contributed by atoms with E-state index >= 15 is 0 Å². The van der Waals surface area contributed by atoms with Gasteiger partial charge in [0.2, 0.25) is 0 Å². The van der Waals surface area contributed by atoms with Crippen molar-refractivity contribution in [3.63, 3.8) is 0 Å². The number of aromatic nitrogens is 4. The van der Waals surface area contributed by atoms with Crippen molar-refractivity contribution in [1.29, 1.82) is 0 Å². The minimum atomic E-state index is 0.440. The minimum Gasteiger partial charge on any atom is -0.353 e. The van der Waals surface area contributed by atoms with E-state index in [0.717, 1.165) is 82.4 Å². The molecule has 7 heteroatoms. The molecule has 0 saturated carbocycles. The van der Waals surface area contributed by atoms with Gasteiger partial charge in [0.05, 0.1) is 35.5 Å². The molecule has 0 atom stereocenters. The van der Waals surface area contributed by atoms with Gasteiger partial charge < -0.3 is 10.6 Å². The van der Waals surface area contributed by atoms with Crippen LogP contribution in [0.2, 0.25) is 0 Å². The van der Waals surface area contributed by atoms with Crippen molar-refractivity contribution in [2.75, 3.05) is 18.4 Å². The predicted molar refractivity (Wildman–Crippen MR) is 141 cm³/mol. The fourth-order valence-corrected chi connectivity index (χ4v) is 4.13. The average Bonchev–Trinajstić information content (AvgIpc) is 3.29. The van der Waals surface area contributed by atoms with Crippen LogP contribution < -0.4 is 10.6 Å². The van der Waals surface area contributed by atoms with Crippen molar-refractivity contribution in [3.05, 3.63) is 78.2 Å². The molecule has 7 nitrogen and oxygen atoms in total. The zero-order valence-electron chi connectivity index (χ0n) is 20.5. The molecule has 3 aromatic heterocycles. The number of hydrogen-bond donors (Lipinski definition) is 2. The summed E-state index contributed by atoms with van der Waals surface area (Å²) in [6.45, 7) is 18.6. The summed E-state index contributed by atoms with van der Waals surface area (Å²) in [5.41, 5.74) is 9.00. The number of anilines is 1. The van der Waals surface area contributed by atoms with E-state index in [1.54, 1.807) is 6.20 Å². The Labute approximate surface area is 201 Å². The highest BCUT2D eigenvalue weighted by molar-refractivity contribution is 5.84. The Kier molecular flexibility index (Phi) is 7.03. The average molecular weight is 456 g/mol. The summed E-state index contributed by atoms with van der Waals surface area (Å²) in [5.74, 6) is 0. The maximum atomic E-state index is 4.61. The molecule has 0 aromatic carbocycles. The molecule has 1 saturated heterocycles. The Hall–Kier alpha value is -3.58. The van der Waals surface area contributed by atoms with Gasteiger partial charge >= 0.3 is 0 Å². The van der Waals surface area contributed by atoms with E-state index in [1.165, 1.54) is 0 Å². The number of pyridine rings is 2. The van der Waals surface area contributed by atoms with Gasteiger partial charge in [-0.3, -0.25) is 19.6 Å². The number of rotatable bonds is 7. The van der Waals surface area contributed by atoms with Crippen LogP contribution in [0.3, 0.4) is 0 Å². The van der Waals surface area contributed by atoms with Gasteiger partial charge in [-0.15, -0.1) is 0 Å². The third-order valence-corrected chi connectivity index (χ3v) is 6.08. The lowest BCUT2D eigenvalue weighted by atomic mass is 9.99. The molecule has 2 N–H and O–H groups in total. The van der Waals surface area contributed by atoms with Crippen molar-refractivity contribution >= 4 is 28.4 Å². The minimum absolute atomic E-state index is 0.440. The fraction of sp³-hybridized carbons (Fsp3) is 0.333. The van der Waals surface area contributed by atoms with E-state index in [1.807, 2.05) is 46.2 Å². The molecule has 0 aliphatic carbocycles. The number of nitrogens with one attached hydrogen (secondary N) is 2. The maximum Gasteiger partial charge on any atom is 0.0841 e. The highest BCUT2D eigenvalue weighted by Crippen LogP contribution is 2.28. The van der Waals surface area contributed by atoms with Crippen molar-refractivity contribution in [3.8, 4) is 0 Å². The second-order valence-electron chi connectivity index (χ2n) is 9.04. The molecule has 4 rings (SSSR count). The zero-order valence-corrected chi connectivity index (χ0v) is 20.5. The molecule has 1 aliphatic heterocycles. The summed E-state index contributed by atoms with van der Waals surface area (Å²) in [7, 11) is 0. The van der Waals surface area contributed by atoms with Gasteiger partial charge in [0.15, 0.2) is 0 Å². The van der Waals surface area contributed by atoms with E-state index in [9.17, 15) is 0 Å². The number of hydrogen-bond acceptors (Lipinski definition) is 6. The zero-order chi connectivity index (χ0) is 24.2. The first-order valence-electron chi connectivity index (χ1n) is 11.7. The molecule has 34 heavy (non-hydrogen) atoms. The van der Waals surface area contributed by atoms with E-state index < -0.39 is 0 Å². The first-order chi connectivity index (χ1) is 16.3. The predicted octanol–water partition coefficient (Wildman–Crippen LogP) is 5.47. The summed E-state index contributed by atoms with van der Waals surface area (Å²) < 4.78 is 2.05. The maximum absolute atomic E-state index is 4.61. The molecule has 0 radical (unpaired) electrons. The highest BCUT2D eigenvalue weighted by atomic mass is 15.3. The Morgan fingerprint density at radius 3 is 2.56 bits per heavy atom. The third-order valence-electron chi connectivity index (χ3n) is 6.08. The SMILES string of the molecule is C=C(Nc1cnn(C2CCNCC2)c1)c1cnc(C)c(C(=C)c2cc(C)c(N=C(C)C)cn2)c1. The number of aryl methyl sites for hydroxylation is 2. The van der Waals surface area contributed by atoms with Gasteiger partial charge in [0, 0.05) is 46.2 Å². The van der Waals surface area contributed by atoms with Crippen LogP contribution in [0.4, 0.5) is 11.4 Å². The van der Waals surface area contributed by atoms with Crippen LogP contribution in [-0.4, -0.2) is 38.5 Å². The standard InChI is InChI=1S/C27H33N7/c1-17(2)32-27-15-30-26(11-18(27)3)19(4)25-12-22(13-29-21(25)6)20(5)33-23-14-31-34(16-23)24-7-9-28-10-8-24/h11-16,24,28,33H,4-5,7-10H2,1-3,6H3. The van der Waals surface area contributed by atoms with Gasteiger partial charge in [-0.25, -0.2) is 0 Å². The fourth-order valence-electron chi connectivity index (χ4n) is 4.13. The molecule has 4 heterocycles. The van der Waals surface area contributed by atoms with Crippen molar-refractivity contribution < 1.29 is 0 Å². The lowest BCUT2D eigenvalue weighted by Gasteiger charge is -2.22. The lowest BCUT2D eigenvalue weighted by Crippen LogP contribution is -2.29. The monoisotopic (exact) mass is 455 g/mol. The summed E-state index contributed by atoms with van der Waals surface area (Å²) in [5, 5.41) is 11.3. The second kappa shape index (κ2) is 10.1. The number of nitrogens with zero attached hydrogens (tertiary/aromatic N) is 5. The summed E-state index contributed by atoms with van der Waals surface area (Å²) in [6.07, 6.45) is 9.72. The summed E-state index contributed by atoms with van der Waals surface area (Å²) in [4.78, 5) is 13.8. The highest BCUT2D eigenvalue weighted by Gasteiger charge is 2.16. The van der Waals surface area contributed by atoms with Crippen LogP contribution in [0.5, 0.6) is 0 Å². The Balaban J connectivity index is 1.52. The van der Waals surface area contributed by atoms with Crippen molar-refractivity contribution in [1.82, 2.24) is 25.1 Å². The first kappa shape index (κ1) is 23.6. The normalized spacial score (nSPS) is 14.0. The summed E-state index contributed by atoms with van der Waals surface area (Å²) in [6, 6.07) is 4.53. The van der Waals surface area contributed by atoms with E-state index in [4.69, 9.17) is 0 Å². The van der Waals surface area contributed by atoms with Crippen LogP contribution in [-0.2, 0) is 0 Å². The Bertz CT molecular complexity index is 1240. The van der Waals surface area contributed by atoms with E-state index in [0.29, 0.717) is 6.04 Å². The lowest BCUT2D eigenvalue weighted by molar-refractivity contribution is 0.343. The van der Waals surface area contributed by atoms with Crippen LogP contribution in [0.15, 0.2) is 55.1 Å². The largest absolute Gasteiger partial charge is 0.353 e. The molecular formula is C27H33N7. The van der Waals surface area contributed by atoms with Crippen LogP contribution in [0.1, 0.15) is 60.8 Å². The molecular weight excluding hydrogens is 422 g/mol. The number of aliphatic imine (C=N–C) groups is 1. The number of piperidine rings is 1. The van der Waals surface area contributed by atoms with Crippen molar-refractivity contribution in [2.45, 2.75) is 46.6 Å².